The number of carbonyl (C=O) groups excluding carboxylic acids is 1. The van der Waals surface area contributed by atoms with Gasteiger partial charge in [0, 0.05) is 6.42 Å². The summed E-state index contributed by atoms with van der Waals surface area (Å²) in [4.78, 5) is 11.5. The van der Waals surface area contributed by atoms with Crippen LogP contribution in [0.1, 0.15) is 70.3 Å². The van der Waals surface area contributed by atoms with Crippen molar-refractivity contribution < 1.29 is 22.1 Å². The first-order valence-electron chi connectivity index (χ1n) is 9.45. The molecule has 0 saturated heterocycles. The molecule has 0 aliphatic carbocycles. The first-order valence-corrected chi connectivity index (χ1v) is 10.9. The first kappa shape index (κ1) is 22.6. The van der Waals surface area contributed by atoms with E-state index >= 15 is 0 Å². The van der Waals surface area contributed by atoms with Crippen LogP contribution >= 0.6 is 0 Å². The van der Waals surface area contributed by atoms with Gasteiger partial charge in [-0.1, -0.05) is 56.7 Å². The van der Waals surface area contributed by atoms with Gasteiger partial charge in [-0.05, 0) is 38.3 Å². The van der Waals surface area contributed by atoms with Crippen LogP contribution in [0.2, 0.25) is 0 Å². The molecule has 0 bridgehead atoms. The molecule has 1 rings (SSSR count). The fraction of sp³-hybridized carbons (Fsp3) is 0.650. The van der Waals surface area contributed by atoms with Crippen molar-refractivity contribution in [2.75, 3.05) is 7.11 Å². The third-order valence-corrected chi connectivity index (χ3v) is 5.71. The highest BCUT2D eigenvalue weighted by atomic mass is 32.2. The van der Waals surface area contributed by atoms with Crippen LogP contribution in [0.4, 0.5) is 0 Å². The van der Waals surface area contributed by atoms with Gasteiger partial charge in [0.05, 0.1) is 18.1 Å². The van der Waals surface area contributed by atoms with E-state index in [0.717, 1.165) is 24.8 Å². The minimum Gasteiger partial charge on any atom is -0.469 e. The van der Waals surface area contributed by atoms with Crippen LogP contribution < -0.4 is 0 Å². The lowest BCUT2D eigenvalue weighted by molar-refractivity contribution is -0.140. The van der Waals surface area contributed by atoms with E-state index in [1.165, 1.54) is 20.0 Å². The summed E-state index contributed by atoms with van der Waals surface area (Å²) in [6.07, 6.45) is 7.11. The van der Waals surface area contributed by atoms with Crippen molar-refractivity contribution >= 4 is 16.1 Å². The monoisotopic (exact) mass is 384 g/mol. The van der Waals surface area contributed by atoms with Gasteiger partial charge in [-0.3, -0.25) is 8.98 Å². The Bertz CT molecular complexity index is 622. The SMILES string of the molecule is CCCCCCCC(CCCC(=O)OC)OS(=O)(=O)c1ccc(C)cc1. The molecule has 0 N–H and O–H groups in total. The van der Waals surface area contributed by atoms with Crippen LogP contribution in [0.3, 0.4) is 0 Å². The third kappa shape index (κ3) is 8.81. The van der Waals surface area contributed by atoms with E-state index in [-0.39, 0.29) is 17.3 Å². The molecule has 0 saturated carbocycles. The molecule has 0 aliphatic rings. The topological polar surface area (TPSA) is 69.7 Å². The van der Waals surface area contributed by atoms with Gasteiger partial charge in [-0.25, -0.2) is 0 Å². The highest BCUT2D eigenvalue weighted by Gasteiger charge is 2.22. The number of benzene rings is 1. The van der Waals surface area contributed by atoms with Gasteiger partial charge in [0.2, 0.25) is 0 Å². The normalized spacial score (nSPS) is 12.7. The van der Waals surface area contributed by atoms with Gasteiger partial charge < -0.3 is 4.74 Å². The van der Waals surface area contributed by atoms with E-state index in [9.17, 15) is 13.2 Å². The van der Waals surface area contributed by atoms with Crippen molar-refractivity contribution in [3.8, 4) is 0 Å². The summed E-state index contributed by atoms with van der Waals surface area (Å²) in [7, 11) is -2.44. The highest BCUT2D eigenvalue weighted by Crippen LogP contribution is 2.21. The summed E-state index contributed by atoms with van der Waals surface area (Å²) in [6.45, 7) is 4.07. The molecule has 6 heteroatoms. The van der Waals surface area contributed by atoms with Gasteiger partial charge >= 0.3 is 5.97 Å². The lowest BCUT2D eigenvalue weighted by Gasteiger charge is -2.17. The molecule has 0 fully saturated rings. The predicted octanol–water partition coefficient (Wildman–Crippen LogP) is 4.77. The molecular weight excluding hydrogens is 352 g/mol. The molecule has 0 heterocycles. The van der Waals surface area contributed by atoms with Crippen LogP contribution in [0.25, 0.3) is 0 Å². The number of hydrogen-bond acceptors (Lipinski definition) is 5. The molecule has 1 unspecified atom stereocenters. The molecule has 1 aromatic carbocycles. The van der Waals surface area contributed by atoms with Gasteiger partial charge in [-0.2, -0.15) is 8.42 Å². The van der Waals surface area contributed by atoms with Gasteiger partial charge in [0.1, 0.15) is 0 Å². The number of rotatable bonds is 13. The molecule has 0 spiro atoms. The Hall–Kier alpha value is -1.40. The van der Waals surface area contributed by atoms with Crippen LogP contribution in [0, 0.1) is 6.92 Å². The Morgan fingerprint density at radius 3 is 2.23 bits per heavy atom. The Morgan fingerprint density at radius 1 is 1.00 bits per heavy atom. The van der Waals surface area contributed by atoms with E-state index in [1.807, 2.05) is 6.92 Å². The average Bonchev–Trinajstić information content (AvgIpc) is 2.61. The molecule has 26 heavy (non-hydrogen) atoms. The maximum atomic E-state index is 12.5. The molecule has 0 amide bonds. The molecule has 5 nitrogen and oxygen atoms in total. The number of hydrogen-bond donors (Lipinski definition) is 0. The summed E-state index contributed by atoms with van der Waals surface area (Å²) in [6, 6.07) is 6.65. The van der Waals surface area contributed by atoms with Gasteiger partial charge in [-0.15, -0.1) is 0 Å². The molecule has 148 valence electrons. The Balaban J connectivity index is 2.65. The molecule has 1 aromatic rings. The largest absolute Gasteiger partial charge is 0.469 e. The van der Waals surface area contributed by atoms with Crippen molar-refractivity contribution in [3.63, 3.8) is 0 Å². The smallest absolute Gasteiger partial charge is 0.305 e. The predicted molar refractivity (Wildman–Crippen MR) is 102 cm³/mol. The van der Waals surface area contributed by atoms with Crippen LogP contribution in [-0.4, -0.2) is 27.6 Å². The van der Waals surface area contributed by atoms with E-state index in [2.05, 4.69) is 11.7 Å². The molecule has 0 radical (unpaired) electrons. The zero-order chi connectivity index (χ0) is 19.4. The van der Waals surface area contributed by atoms with Crippen molar-refractivity contribution in [3.05, 3.63) is 29.8 Å². The summed E-state index contributed by atoms with van der Waals surface area (Å²) in [5.41, 5.74) is 0.995. The van der Waals surface area contributed by atoms with Crippen molar-refractivity contribution in [1.82, 2.24) is 0 Å². The lowest BCUT2D eigenvalue weighted by Crippen LogP contribution is -2.19. The lowest BCUT2D eigenvalue weighted by atomic mass is 10.0. The zero-order valence-electron chi connectivity index (χ0n) is 16.2. The van der Waals surface area contributed by atoms with Crippen molar-refractivity contribution in [1.29, 1.82) is 0 Å². The minimum absolute atomic E-state index is 0.173. The Kier molecular flexibility index (Phi) is 10.5. The second-order valence-corrected chi connectivity index (χ2v) is 8.23. The Morgan fingerprint density at radius 2 is 1.62 bits per heavy atom. The second kappa shape index (κ2) is 12.1. The number of ether oxygens (including phenoxy) is 1. The Labute approximate surface area is 158 Å². The maximum absolute atomic E-state index is 12.5. The second-order valence-electron chi connectivity index (χ2n) is 6.66. The van der Waals surface area contributed by atoms with Crippen LogP contribution in [0.15, 0.2) is 29.2 Å². The summed E-state index contributed by atoms with van der Waals surface area (Å²) in [5.74, 6) is -0.284. The van der Waals surface area contributed by atoms with Crippen LogP contribution in [0.5, 0.6) is 0 Å². The van der Waals surface area contributed by atoms with E-state index < -0.39 is 16.2 Å². The van der Waals surface area contributed by atoms with Crippen molar-refractivity contribution in [2.24, 2.45) is 0 Å². The van der Waals surface area contributed by atoms with E-state index in [0.29, 0.717) is 19.3 Å². The van der Waals surface area contributed by atoms with E-state index in [1.54, 1.807) is 24.3 Å². The highest BCUT2D eigenvalue weighted by molar-refractivity contribution is 7.86. The summed E-state index contributed by atoms with van der Waals surface area (Å²) >= 11 is 0. The zero-order valence-corrected chi connectivity index (χ0v) is 17.0. The van der Waals surface area contributed by atoms with Crippen molar-refractivity contribution in [2.45, 2.75) is 82.6 Å². The number of aryl methyl sites for hydroxylation is 1. The molecular formula is C20H32O5S. The molecule has 0 aromatic heterocycles. The third-order valence-electron chi connectivity index (χ3n) is 4.34. The quantitative estimate of drug-likeness (QED) is 0.278. The summed E-state index contributed by atoms with van der Waals surface area (Å²) < 4.78 is 35.2. The number of carbonyl (C=O) groups is 1. The molecule has 0 aliphatic heterocycles. The first-order chi connectivity index (χ1) is 12.4. The number of unbranched alkanes of at least 4 members (excludes halogenated alkanes) is 4. The number of methoxy groups -OCH3 is 1. The van der Waals surface area contributed by atoms with Gasteiger partial charge in [0.25, 0.3) is 10.1 Å². The summed E-state index contributed by atoms with van der Waals surface area (Å²) in [5, 5.41) is 0. The van der Waals surface area contributed by atoms with Gasteiger partial charge in [0.15, 0.2) is 0 Å². The molecule has 1 atom stereocenters. The maximum Gasteiger partial charge on any atom is 0.305 e. The fourth-order valence-electron chi connectivity index (χ4n) is 2.73. The minimum atomic E-state index is -3.80. The number of esters is 1. The average molecular weight is 385 g/mol. The standard InChI is InChI=1S/C20H32O5S/c1-4-5-6-7-8-10-18(11-9-12-20(21)24-3)25-26(22,23)19-15-13-17(2)14-16-19/h13-16,18H,4-12H2,1-3H3. The van der Waals surface area contributed by atoms with Crippen LogP contribution in [-0.2, 0) is 23.8 Å². The van der Waals surface area contributed by atoms with E-state index in [4.69, 9.17) is 4.18 Å². The fourth-order valence-corrected chi connectivity index (χ4v) is 3.86.